The fourth-order valence-corrected chi connectivity index (χ4v) is 2.90. The molecule has 6 heteroatoms. The van der Waals surface area contributed by atoms with Gasteiger partial charge in [0.2, 0.25) is 0 Å². The number of hydrazine groups is 1. The lowest BCUT2D eigenvalue weighted by Crippen LogP contribution is -2.45. The summed E-state index contributed by atoms with van der Waals surface area (Å²) in [5.74, 6) is 5.95. The molecule has 3 N–H and O–H groups in total. The molecule has 0 saturated carbocycles. The highest BCUT2D eigenvalue weighted by molar-refractivity contribution is 4.90. The van der Waals surface area contributed by atoms with Crippen molar-refractivity contribution in [2.24, 2.45) is 17.7 Å². The van der Waals surface area contributed by atoms with Crippen LogP contribution in [0.25, 0.3) is 0 Å². The van der Waals surface area contributed by atoms with Crippen molar-refractivity contribution in [1.29, 1.82) is 0 Å². The van der Waals surface area contributed by atoms with Gasteiger partial charge in [-0.15, -0.1) is 0 Å². The second kappa shape index (κ2) is 6.21. The smallest absolute Gasteiger partial charge is 0.375 e. The molecule has 1 heterocycles. The van der Waals surface area contributed by atoms with Gasteiger partial charge in [0, 0.05) is 18.4 Å². The van der Waals surface area contributed by atoms with Crippen molar-refractivity contribution < 1.29 is 17.9 Å². The summed E-state index contributed by atoms with van der Waals surface area (Å²) in [6.07, 6.45) is -4.16. The summed E-state index contributed by atoms with van der Waals surface area (Å²) >= 11 is 0. The second-order valence-electron chi connectivity index (χ2n) is 5.26. The maximum Gasteiger partial charge on any atom is 0.389 e. The molecule has 5 atom stereocenters. The van der Waals surface area contributed by atoms with Gasteiger partial charge in [-0.3, -0.25) is 11.3 Å². The fourth-order valence-electron chi connectivity index (χ4n) is 2.90. The van der Waals surface area contributed by atoms with Gasteiger partial charge in [-0.05, 0) is 32.6 Å². The van der Waals surface area contributed by atoms with Gasteiger partial charge in [-0.2, -0.15) is 13.2 Å². The minimum atomic E-state index is -4.09. The van der Waals surface area contributed by atoms with Crippen LogP contribution in [0.2, 0.25) is 0 Å². The van der Waals surface area contributed by atoms with Crippen LogP contribution in [0.3, 0.4) is 0 Å². The van der Waals surface area contributed by atoms with E-state index in [1.54, 1.807) is 0 Å². The second-order valence-corrected chi connectivity index (χ2v) is 5.26. The van der Waals surface area contributed by atoms with Crippen LogP contribution in [0.4, 0.5) is 13.2 Å². The van der Waals surface area contributed by atoms with E-state index in [2.05, 4.69) is 12.3 Å². The molecule has 1 aliphatic heterocycles. The summed E-state index contributed by atoms with van der Waals surface area (Å²) in [6.45, 7) is 6.01. The minimum absolute atomic E-state index is 0.0296. The summed E-state index contributed by atoms with van der Waals surface area (Å²) < 4.78 is 42.1. The molecule has 18 heavy (non-hydrogen) atoms. The van der Waals surface area contributed by atoms with Crippen molar-refractivity contribution in [3.63, 3.8) is 0 Å². The average molecular weight is 268 g/mol. The molecule has 0 aromatic carbocycles. The Morgan fingerprint density at radius 1 is 1.22 bits per heavy atom. The first-order chi connectivity index (χ1) is 8.26. The number of halogens is 3. The molecule has 0 bridgehead atoms. The molecule has 0 aromatic heterocycles. The molecule has 0 amide bonds. The summed E-state index contributed by atoms with van der Waals surface area (Å²) in [5, 5.41) is 0. The Bertz CT molecular complexity index is 260. The largest absolute Gasteiger partial charge is 0.389 e. The number of ether oxygens (including phenoxy) is 1. The quantitative estimate of drug-likeness (QED) is 0.595. The van der Waals surface area contributed by atoms with Crippen molar-refractivity contribution in [2.45, 2.75) is 64.5 Å². The van der Waals surface area contributed by atoms with Crippen molar-refractivity contribution >= 4 is 0 Å². The molecule has 1 fully saturated rings. The number of rotatable bonds is 5. The van der Waals surface area contributed by atoms with Crippen LogP contribution in [0, 0.1) is 11.8 Å². The van der Waals surface area contributed by atoms with Crippen LogP contribution in [0.15, 0.2) is 0 Å². The Labute approximate surface area is 106 Å². The molecule has 0 spiro atoms. The monoisotopic (exact) mass is 268 g/mol. The van der Waals surface area contributed by atoms with Crippen LogP contribution in [0.1, 0.15) is 40.0 Å². The predicted molar refractivity (Wildman–Crippen MR) is 63.7 cm³/mol. The third kappa shape index (κ3) is 4.10. The Balaban J connectivity index is 2.50. The first kappa shape index (κ1) is 15.7. The maximum absolute atomic E-state index is 12.1. The highest BCUT2D eigenvalue weighted by Gasteiger charge is 2.41. The normalized spacial score (nSPS) is 34.8. The van der Waals surface area contributed by atoms with Gasteiger partial charge in [-0.25, -0.2) is 0 Å². The highest BCUT2D eigenvalue weighted by atomic mass is 19.4. The minimum Gasteiger partial charge on any atom is -0.375 e. The average Bonchev–Trinajstić information content (AvgIpc) is 2.48. The molecule has 1 saturated heterocycles. The van der Waals surface area contributed by atoms with E-state index in [1.165, 1.54) is 0 Å². The van der Waals surface area contributed by atoms with E-state index in [0.717, 1.165) is 0 Å². The van der Waals surface area contributed by atoms with Crippen LogP contribution in [-0.4, -0.2) is 24.4 Å². The van der Waals surface area contributed by atoms with E-state index < -0.39 is 12.6 Å². The van der Waals surface area contributed by atoms with Crippen molar-refractivity contribution in [2.75, 3.05) is 0 Å². The van der Waals surface area contributed by atoms with Crippen molar-refractivity contribution in [3.8, 4) is 0 Å². The first-order valence-corrected chi connectivity index (χ1v) is 6.44. The maximum atomic E-state index is 12.1. The van der Waals surface area contributed by atoms with Gasteiger partial charge < -0.3 is 4.74 Å². The van der Waals surface area contributed by atoms with Crippen LogP contribution in [0.5, 0.6) is 0 Å². The lowest BCUT2D eigenvalue weighted by molar-refractivity contribution is -0.136. The van der Waals surface area contributed by atoms with E-state index in [4.69, 9.17) is 10.6 Å². The predicted octanol–water partition coefficient (Wildman–Crippen LogP) is 2.61. The zero-order valence-electron chi connectivity index (χ0n) is 11.1. The molecule has 0 aliphatic carbocycles. The van der Waals surface area contributed by atoms with Crippen LogP contribution < -0.4 is 11.3 Å². The molecule has 1 rings (SSSR count). The van der Waals surface area contributed by atoms with E-state index in [-0.39, 0.29) is 30.6 Å². The lowest BCUT2D eigenvalue weighted by Gasteiger charge is -2.28. The number of nitrogens with one attached hydrogen (secondary N) is 1. The SMILES string of the molecule is CC1OC(C)C(C(CCCC(F)(F)F)NN)C1C. The van der Waals surface area contributed by atoms with Gasteiger partial charge in [0.15, 0.2) is 0 Å². The summed E-state index contributed by atoms with van der Waals surface area (Å²) in [5.41, 5.74) is 2.66. The topological polar surface area (TPSA) is 47.3 Å². The third-order valence-corrected chi connectivity index (χ3v) is 3.97. The van der Waals surface area contributed by atoms with E-state index >= 15 is 0 Å². The van der Waals surface area contributed by atoms with Crippen LogP contribution in [-0.2, 0) is 4.74 Å². The van der Waals surface area contributed by atoms with Gasteiger partial charge >= 0.3 is 6.18 Å². The summed E-state index contributed by atoms with van der Waals surface area (Å²) in [6, 6.07) is -0.123. The van der Waals surface area contributed by atoms with Gasteiger partial charge in [0.25, 0.3) is 0 Å². The lowest BCUT2D eigenvalue weighted by atomic mass is 9.82. The van der Waals surface area contributed by atoms with E-state index in [9.17, 15) is 13.2 Å². The van der Waals surface area contributed by atoms with E-state index in [0.29, 0.717) is 12.3 Å². The molecular weight excluding hydrogens is 245 g/mol. The van der Waals surface area contributed by atoms with Crippen LogP contribution >= 0.6 is 0 Å². The Hall–Kier alpha value is -0.330. The zero-order chi connectivity index (χ0) is 13.9. The fraction of sp³-hybridized carbons (Fsp3) is 1.00. The number of hydrogen-bond donors (Lipinski definition) is 2. The van der Waals surface area contributed by atoms with Gasteiger partial charge in [-0.1, -0.05) is 6.92 Å². The first-order valence-electron chi connectivity index (χ1n) is 6.44. The van der Waals surface area contributed by atoms with Crippen molar-refractivity contribution in [3.05, 3.63) is 0 Å². The standard InChI is InChI=1S/C12H23F3N2O/c1-7-8(2)18-9(3)11(7)10(17-16)5-4-6-12(13,14)15/h7-11,17H,4-6,16H2,1-3H3. The molecule has 5 unspecified atom stereocenters. The molecule has 0 aromatic rings. The third-order valence-electron chi connectivity index (χ3n) is 3.97. The zero-order valence-corrected chi connectivity index (χ0v) is 11.1. The highest BCUT2D eigenvalue weighted by Crippen LogP contribution is 2.36. The molecule has 108 valence electrons. The molecule has 0 radical (unpaired) electrons. The molecular formula is C12H23F3N2O. The number of alkyl halides is 3. The van der Waals surface area contributed by atoms with E-state index in [1.807, 2.05) is 13.8 Å². The molecule has 3 nitrogen and oxygen atoms in total. The number of hydrogen-bond acceptors (Lipinski definition) is 3. The summed E-state index contributed by atoms with van der Waals surface area (Å²) in [7, 11) is 0. The molecule has 1 aliphatic rings. The Kier molecular flexibility index (Phi) is 5.43. The Morgan fingerprint density at radius 2 is 1.83 bits per heavy atom. The van der Waals surface area contributed by atoms with Gasteiger partial charge in [0.1, 0.15) is 0 Å². The van der Waals surface area contributed by atoms with Crippen molar-refractivity contribution in [1.82, 2.24) is 5.43 Å². The Morgan fingerprint density at radius 3 is 2.22 bits per heavy atom. The number of nitrogens with two attached hydrogens (primary N) is 1. The summed E-state index contributed by atoms with van der Waals surface area (Å²) in [4.78, 5) is 0. The van der Waals surface area contributed by atoms with Gasteiger partial charge in [0.05, 0.1) is 12.2 Å².